The second kappa shape index (κ2) is 10.7. The highest BCUT2D eigenvalue weighted by Gasteiger charge is 2.32. The van der Waals surface area contributed by atoms with Crippen LogP contribution in [0, 0.1) is 5.92 Å². The fraction of sp³-hybridized carbons (Fsp3) is 0.538. The molecule has 2 unspecified atom stereocenters. The number of methoxy groups -OCH3 is 1. The van der Waals surface area contributed by atoms with Crippen molar-refractivity contribution in [3.05, 3.63) is 40.9 Å². The third-order valence-electron chi connectivity index (χ3n) is 7.23. The quantitative estimate of drug-likeness (QED) is 0.441. The minimum absolute atomic E-state index is 0.0383. The van der Waals surface area contributed by atoms with Gasteiger partial charge in [0.2, 0.25) is 5.95 Å². The molecule has 210 valence electrons. The summed E-state index contributed by atoms with van der Waals surface area (Å²) in [7, 11) is -1.54. The first kappa shape index (κ1) is 27.3. The SMILES string of the molecule is COC1CCN(c2nccc(Nc3cc4c(cn3)c(N3CC(CS(C)(=O)=O)C3)cc(=O)n4C(C)C)n2)CC1F. The lowest BCUT2D eigenvalue weighted by Gasteiger charge is -2.41. The second-order valence-corrected chi connectivity index (χ2v) is 12.9. The summed E-state index contributed by atoms with van der Waals surface area (Å²) in [5, 5.41) is 4.01. The highest BCUT2D eigenvalue weighted by atomic mass is 32.2. The Morgan fingerprint density at radius 3 is 2.59 bits per heavy atom. The summed E-state index contributed by atoms with van der Waals surface area (Å²) in [5.41, 5.74) is 1.33. The monoisotopic (exact) mass is 559 g/mol. The molecule has 0 amide bonds. The van der Waals surface area contributed by atoms with Crippen LogP contribution in [-0.2, 0) is 14.6 Å². The number of piperidine rings is 1. The summed E-state index contributed by atoms with van der Waals surface area (Å²) >= 11 is 0. The number of alkyl halides is 1. The Hall–Kier alpha value is -3.32. The van der Waals surface area contributed by atoms with Crippen LogP contribution in [0.5, 0.6) is 0 Å². The molecule has 39 heavy (non-hydrogen) atoms. The number of hydrogen-bond acceptors (Lipinski definition) is 10. The zero-order valence-electron chi connectivity index (χ0n) is 22.5. The van der Waals surface area contributed by atoms with E-state index in [0.29, 0.717) is 49.2 Å². The van der Waals surface area contributed by atoms with E-state index in [-0.39, 0.29) is 29.8 Å². The summed E-state index contributed by atoms with van der Waals surface area (Å²) in [6, 6.07) is 5.04. The van der Waals surface area contributed by atoms with Crippen molar-refractivity contribution in [2.45, 2.75) is 38.6 Å². The average molecular weight is 560 g/mol. The highest BCUT2D eigenvalue weighted by molar-refractivity contribution is 7.90. The molecule has 2 saturated heterocycles. The van der Waals surface area contributed by atoms with Crippen molar-refractivity contribution in [2.24, 2.45) is 5.92 Å². The number of pyridine rings is 2. The van der Waals surface area contributed by atoms with E-state index in [2.05, 4.69) is 20.3 Å². The van der Waals surface area contributed by atoms with Crippen LogP contribution in [0.4, 0.5) is 27.7 Å². The van der Waals surface area contributed by atoms with Crippen molar-refractivity contribution < 1.29 is 17.5 Å². The predicted molar refractivity (Wildman–Crippen MR) is 150 cm³/mol. The van der Waals surface area contributed by atoms with E-state index < -0.39 is 22.1 Å². The second-order valence-electron chi connectivity index (χ2n) is 10.7. The van der Waals surface area contributed by atoms with E-state index >= 15 is 0 Å². The van der Waals surface area contributed by atoms with E-state index in [4.69, 9.17) is 4.74 Å². The van der Waals surface area contributed by atoms with E-state index in [1.165, 1.54) is 13.4 Å². The van der Waals surface area contributed by atoms with Crippen LogP contribution in [0.15, 0.2) is 35.4 Å². The van der Waals surface area contributed by atoms with E-state index in [9.17, 15) is 17.6 Å². The maximum Gasteiger partial charge on any atom is 0.253 e. The number of rotatable bonds is 8. The molecule has 2 atom stereocenters. The van der Waals surface area contributed by atoms with Gasteiger partial charge in [-0.3, -0.25) is 4.79 Å². The zero-order valence-corrected chi connectivity index (χ0v) is 23.4. The topological polar surface area (TPSA) is 123 Å². The van der Waals surface area contributed by atoms with Gasteiger partial charge in [0.1, 0.15) is 27.6 Å². The molecule has 2 fully saturated rings. The first-order chi connectivity index (χ1) is 18.5. The van der Waals surface area contributed by atoms with Crippen molar-refractivity contribution >= 4 is 44.0 Å². The lowest BCUT2D eigenvalue weighted by Crippen LogP contribution is -2.50. The molecule has 2 aliphatic heterocycles. The van der Waals surface area contributed by atoms with Gasteiger partial charge in [-0.2, -0.15) is 4.98 Å². The van der Waals surface area contributed by atoms with Gasteiger partial charge in [0.05, 0.1) is 29.6 Å². The number of anilines is 4. The number of fused-ring (bicyclic) bond motifs is 1. The van der Waals surface area contributed by atoms with Gasteiger partial charge in [0, 0.05) is 74.9 Å². The van der Waals surface area contributed by atoms with Gasteiger partial charge in [-0.05, 0) is 26.3 Å². The van der Waals surface area contributed by atoms with Gasteiger partial charge < -0.3 is 24.4 Å². The Balaban J connectivity index is 1.41. The van der Waals surface area contributed by atoms with Crippen molar-refractivity contribution in [3.8, 4) is 0 Å². The molecule has 2 aliphatic rings. The molecule has 0 bridgehead atoms. The van der Waals surface area contributed by atoms with Crippen LogP contribution in [0.1, 0.15) is 26.3 Å². The van der Waals surface area contributed by atoms with Crippen molar-refractivity contribution in [1.82, 2.24) is 19.5 Å². The summed E-state index contributed by atoms with van der Waals surface area (Å²) in [5.74, 6) is 1.58. The lowest BCUT2D eigenvalue weighted by atomic mass is 10.0. The molecule has 1 N–H and O–H groups in total. The molecule has 13 heteroatoms. The van der Waals surface area contributed by atoms with E-state index in [1.807, 2.05) is 24.8 Å². The summed E-state index contributed by atoms with van der Waals surface area (Å²) in [6.45, 7) is 5.77. The number of ether oxygens (including phenoxy) is 1. The van der Waals surface area contributed by atoms with Crippen LogP contribution in [0.3, 0.4) is 0 Å². The van der Waals surface area contributed by atoms with Gasteiger partial charge >= 0.3 is 0 Å². The fourth-order valence-corrected chi connectivity index (χ4v) is 6.49. The minimum Gasteiger partial charge on any atom is -0.378 e. The van der Waals surface area contributed by atoms with E-state index in [0.717, 1.165) is 11.1 Å². The number of nitrogens with one attached hydrogen (secondary N) is 1. The lowest BCUT2D eigenvalue weighted by molar-refractivity contribution is 0.0194. The van der Waals surface area contributed by atoms with Gasteiger partial charge in [0.15, 0.2) is 0 Å². The van der Waals surface area contributed by atoms with Crippen molar-refractivity contribution in [2.75, 3.05) is 60.4 Å². The first-order valence-electron chi connectivity index (χ1n) is 13.0. The number of halogens is 1. The largest absolute Gasteiger partial charge is 0.378 e. The first-order valence-corrected chi connectivity index (χ1v) is 15.1. The van der Waals surface area contributed by atoms with Crippen LogP contribution in [0.25, 0.3) is 10.9 Å². The molecule has 0 aromatic carbocycles. The van der Waals surface area contributed by atoms with Crippen LogP contribution < -0.4 is 20.7 Å². The molecular weight excluding hydrogens is 525 g/mol. The Morgan fingerprint density at radius 1 is 1.15 bits per heavy atom. The van der Waals surface area contributed by atoms with Gasteiger partial charge in [-0.1, -0.05) is 0 Å². The molecule has 0 radical (unpaired) electrons. The highest BCUT2D eigenvalue weighted by Crippen LogP contribution is 2.33. The number of aromatic nitrogens is 4. The van der Waals surface area contributed by atoms with Gasteiger partial charge in [0.25, 0.3) is 5.56 Å². The van der Waals surface area contributed by atoms with Crippen molar-refractivity contribution in [3.63, 3.8) is 0 Å². The average Bonchev–Trinajstić information content (AvgIpc) is 2.84. The smallest absolute Gasteiger partial charge is 0.253 e. The number of hydrogen-bond donors (Lipinski definition) is 1. The van der Waals surface area contributed by atoms with E-state index in [1.54, 1.807) is 34.0 Å². The minimum atomic E-state index is -3.06. The molecule has 3 aromatic heterocycles. The summed E-state index contributed by atoms with van der Waals surface area (Å²) in [4.78, 5) is 30.4. The molecule has 0 saturated carbocycles. The Morgan fingerprint density at radius 2 is 1.92 bits per heavy atom. The van der Waals surface area contributed by atoms with Crippen LogP contribution >= 0.6 is 0 Å². The van der Waals surface area contributed by atoms with Crippen LogP contribution in [0.2, 0.25) is 0 Å². The summed E-state index contributed by atoms with van der Waals surface area (Å²) < 4.78 is 44.7. The zero-order chi connectivity index (χ0) is 27.9. The molecule has 0 spiro atoms. The van der Waals surface area contributed by atoms with Crippen molar-refractivity contribution in [1.29, 1.82) is 0 Å². The van der Waals surface area contributed by atoms with Gasteiger partial charge in [-0.15, -0.1) is 0 Å². The Bertz CT molecular complexity index is 1520. The fourth-order valence-electron chi connectivity index (χ4n) is 5.42. The third-order valence-corrected chi connectivity index (χ3v) is 8.31. The molecule has 5 rings (SSSR count). The standard InChI is InChI=1S/C26H34FN7O4S/c1-16(2)34-21-9-24(30-23-5-7-28-26(31-23)32-8-6-22(38-3)19(27)14-32)29-11-18(21)20(10-25(34)35)33-12-17(13-33)15-39(4,36)37/h5,7,9-11,16-17,19,22H,6,8,12-15H2,1-4H3,(H,28,29,30,31). The van der Waals surface area contributed by atoms with Gasteiger partial charge in [-0.25, -0.2) is 22.8 Å². The Labute approximate surface area is 226 Å². The summed E-state index contributed by atoms with van der Waals surface area (Å²) in [6.07, 6.45) is 3.58. The molecule has 3 aromatic rings. The Kier molecular flexibility index (Phi) is 7.47. The molecule has 0 aliphatic carbocycles. The molecule has 5 heterocycles. The van der Waals surface area contributed by atoms with Crippen LogP contribution in [-0.4, -0.2) is 85.5 Å². The number of nitrogens with zero attached hydrogens (tertiary/aromatic N) is 6. The maximum atomic E-state index is 14.4. The maximum absolute atomic E-state index is 14.4. The normalized spacial score (nSPS) is 20.5. The molecule has 11 nitrogen and oxygen atoms in total. The third kappa shape index (κ3) is 5.83. The number of sulfone groups is 1. The molecular formula is C26H34FN7O4S. The predicted octanol–water partition coefficient (Wildman–Crippen LogP) is 2.56.